The Kier molecular flexibility index (Phi) is 5.11. The standard InChI is InChI=1S/C34H23N3/c1-2-9-24(10-3-1)25-18-20-36-32(22-25)27-16-17-30-29-13-4-5-15-33(29)37(34(30)23-27)28-12-8-11-26(21-28)31-14-6-7-19-35-31/h1-23H. The van der Waals surface area contributed by atoms with Gasteiger partial charge < -0.3 is 4.57 Å². The van der Waals surface area contributed by atoms with Crippen LogP contribution in [0.25, 0.3) is 61.1 Å². The van der Waals surface area contributed by atoms with Crippen molar-refractivity contribution in [3.05, 3.63) is 140 Å². The Morgan fingerprint density at radius 1 is 0.405 bits per heavy atom. The lowest BCUT2D eigenvalue weighted by Gasteiger charge is -2.11. The van der Waals surface area contributed by atoms with Crippen LogP contribution in [-0.4, -0.2) is 14.5 Å². The van der Waals surface area contributed by atoms with Gasteiger partial charge in [0, 0.05) is 40.0 Å². The summed E-state index contributed by atoms with van der Waals surface area (Å²) in [6.45, 7) is 0. The fraction of sp³-hybridized carbons (Fsp3) is 0. The number of aromatic nitrogens is 3. The molecule has 0 N–H and O–H groups in total. The summed E-state index contributed by atoms with van der Waals surface area (Å²) in [6.07, 6.45) is 3.74. The maximum absolute atomic E-state index is 4.73. The number of hydrogen-bond donors (Lipinski definition) is 0. The Morgan fingerprint density at radius 3 is 2.05 bits per heavy atom. The number of fused-ring (bicyclic) bond motifs is 3. The van der Waals surface area contributed by atoms with E-state index in [-0.39, 0.29) is 0 Å². The van der Waals surface area contributed by atoms with Gasteiger partial charge in [-0.25, -0.2) is 0 Å². The molecule has 0 amide bonds. The third kappa shape index (κ3) is 3.78. The minimum Gasteiger partial charge on any atom is -0.309 e. The lowest BCUT2D eigenvalue weighted by Crippen LogP contribution is -1.95. The molecule has 0 aliphatic rings. The van der Waals surface area contributed by atoms with E-state index in [1.54, 1.807) is 0 Å². The van der Waals surface area contributed by atoms with Crippen LogP contribution in [0.1, 0.15) is 0 Å². The summed E-state index contributed by atoms with van der Waals surface area (Å²) in [4.78, 5) is 9.30. The minimum absolute atomic E-state index is 0.960. The molecular weight excluding hydrogens is 450 g/mol. The SMILES string of the molecule is c1ccc(-c2ccnc(-c3ccc4c5ccccc5n(-c5cccc(-c6ccccn6)c5)c4c3)c2)cc1. The Hall–Kier alpha value is -5.02. The van der Waals surface area contributed by atoms with E-state index in [4.69, 9.17) is 4.98 Å². The zero-order valence-electron chi connectivity index (χ0n) is 20.1. The molecule has 0 saturated heterocycles. The second-order valence-electron chi connectivity index (χ2n) is 9.15. The molecule has 0 aliphatic heterocycles. The third-order valence-corrected chi connectivity index (χ3v) is 6.90. The number of hydrogen-bond acceptors (Lipinski definition) is 2. The van der Waals surface area contributed by atoms with E-state index < -0.39 is 0 Å². The number of benzene rings is 4. The van der Waals surface area contributed by atoms with Crippen molar-refractivity contribution < 1.29 is 0 Å². The van der Waals surface area contributed by atoms with Crippen LogP contribution in [0.5, 0.6) is 0 Å². The van der Waals surface area contributed by atoms with Gasteiger partial charge in [0.15, 0.2) is 0 Å². The summed E-state index contributed by atoms with van der Waals surface area (Å²) in [7, 11) is 0. The quantitative estimate of drug-likeness (QED) is 0.256. The zero-order chi connectivity index (χ0) is 24.6. The molecule has 3 heterocycles. The van der Waals surface area contributed by atoms with Crippen molar-refractivity contribution >= 4 is 21.8 Å². The molecule has 3 aromatic heterocycles. The number of para-hydroxylation sites is 1. The molecule has 0 unspecified atom stereocenters. The van der Waals surface area contributed by atoms with Crippen molar-refractivity contribution in [2.45, 2.75) is 0 Å². The molecule has 7 aromatic rings. The van der Waals surface area contributed by atoms with E-state index in [1.807, 2.05) is 30.6 Å². The van der Waals surface area contributed by atoms with Gasteiger partial charge in [-0.05, 0) is 59.7 Å². The summed E-state index contributed by atoms with van der Waals surface area (Å²) in [5.41, 5.74) is 9.91. The molecule has 174 valence electrons. The predicted octanol–water partition coefficient (Wildman–Crippen LogP) is 8.57. The molecule has 0 fully saturated rings. The molecule has 3 heteroatoms. The largest absolute Gasteiger partial charge is 0.309 e. The first-order valence-electron chi connectivity index (χ1n) is 12.4. The molecule has 0 atom stereocenters. The van der Waals surface area contributed by atoms with Gasteiger partial charge >= 0.3 is 0 Å². The van der Waals surface area contributed by atoms with E-state index in [1.165, 1.54) is 21.9 Å². The Balaban J connectivity index is 1.43. The maximum atomic E-state index is 4.73. The van der Waals surface area contributed by atoms with Crippen LogP contribution < -0.4 is 0 Å². The van der Waals surface area contributed by atoms with E-state index in [9.17, 15) is 0 Å². The molecule has 0 radical (unpaired) electrons. The Bertz CT molecular complexity index is 1870. The fourth-order valence-electron chi connectivity index (χ4n) is 5.14. The summed E-state index contributed by atoms with van der Waals surface area (Å²) in [5.74, 6) is 0. The van der Waals surface area contributed by atoms with E-state index >= 15 is 0 Å². The molecule has 7 rings (SSSR count). The van der Waals surface area contributed by atoms with Crippen LogP contribution in [0.15, 0.2) is 140 Å². The van der Waals surface area contributed by atoms with Crippen LogP contribution in [0.4, 0.5) is 0 Å². The van der Waals surface area contributed by atoms with Gasteiger partial charge in [0.25, 0.3) is 0 Å². The Labute approximate surface area is 215 Å². The molecule has 0 saturated carbocycles. The molecular formula is C34H23N3. The van der Waals surface area contributed by atoms with Crippen LogP contribution in [0, 0.1) is 0 Å². The second kappa shape index (κ2) is 8.89. The fourth-order valence-corrected chi connectivity index (χ4v) is 5.14. The minimum atomic E-state index is 0.960. The number of pyridine rings is 2. The molecule has 0 aliphatic carbocycles. The van der Waals surface area contributed by atoms with Crippen molar-refractivity contribution in [2.75, 3.05) is 0 Å². The van der Waals surface area contributed by atoms with Gasteiger partial charge in [-0.2, -0.15) is 0 Å². The van der Waals surface area contributed by atoms with Crippen molar-refractivity contribution in [3.63, 3.8) is 0 Å². The van der Waals surface area contributed by atoms with Crippen LogP contribution in [-0.2, 0) is 0 Å². The number of nitrogens with zero attached hydrogens (tertiary/aromatic N) is 3. The topological polar surface area (TPSA) is 30.7 Å². The van der Waals surface area contributed by atoms with Crippen LogP contribution in [0.2, 0.25) is 0 Å². The van der Waals surface area contributed by atoms with Gasteiger partial charge in [-0.15, -0.1) is 0 Å². The molecule has 3 nitrogen and oxygen atoms in total. The number of rotatable bonds is 4. The van der Waals surface area contributed by atoms with E-state index in [2.05, 4.69) is 119 Å². The lowest BCUT2D eigenvalue weighted by atomic mass is 10.0. The zero-order valence-corrected chi connectivity index (χ0v) is 20.1. The smallest absolute Gasteiger partial charge is 0.0708 e. The summed E-state index contributed by atoms with van der Waals surface area (Å²) >= 11 is 0. The monoisotopic (exact) mass is 473 g/mol. The van der Waals surface area contributed by atoms with Gasteiger partial charge in [0.2, 0.25) is 0 Å². The van der Waals surface area contributed by atoms with E-state index in [0.29, 0.717) is 0 Å². The molecule has 4 aromatic carbocycles. The van der Waals surface area contributed by atoms with Gasteiger partial charge in [-0.3, -0.25) is 9.97 Å². The average molecular weight is 474 g/mol. The predicted molar refractivity (Wildman–Crippen MR) is 153 cm³/mol. The average Bonchev–Trinajstić information content (AvgIpc) is 3.32. The first kappa shape index (κ1) is 21.3. The first-order valence-corrected chi connectivity index (χ1v) is 12.4. The second-order valence-corrected chi connectivity index (χ2v) is 9.15. The highest BCUT2D eigenvalue weighted by Crippen LogP contribution is 2.35. The van der Waals surface area contributed by atoms with Gasteiger partial charge in [0.05, 0.1) is 22.4 Å². The lowest BCUT2D eigenvalue weighted by molar-refractivity contribution is 1.18. The van der Waals surface area contributed by atoms with Crippen molar-refractivity contribution in [2.24, 2.45) is 0 Å². The maximum Gasteiger partial charge on any atom is 0.0708 e. The highest BCUT2D eigenvalue weighted by atomic mass is 15.0. The molecule has 0 bridgehead atoms. The first-order chi connectivity index (χ1) is 18.3. The Morgan fingerprint density at radius 2 is 1.16 bits per heavy atom. The van der Waals surface area contributed by atoms with Gasteiger partial charge in [0.1, 0.15) is 0 Å². The van der Waals surface area contributed by atoms with E-state index in [0.717, 1.165) is 39.3 Å². The molecule has 0 spiro atoms. The van der Waals surface area contributed by atoms with Gasteiger partial charge in [-0.1, -0.05) is 78.9 Å². The van der Waals surface area contributed by atoms with Crippen molar-refractivity contribution in [1.82, 2.24) is 14.5 Å². The van der Waals surface area contributed by atoms with Crippen LogP contribution >= 0.6 is 0 Å². The van der Waals surface area contributed by atoms with Crippen molar-refractivity contribution in [1.29, 1.82) is 0 Å². The van der Waals surface area contributed by atoms with Crippen LogP contribution in [0.3, 0.4) is 0 Å². The highest BCUT2D eigenvalue weighted by molar-refractivity contribution is 6.10. The summed E-state index contributed by atoms with van der Waals surface area (Å²) in [5, 5.41) is 2.46. The highest BCUT2D eigenvalue weighted by Gasteiger charge is 2.14. The van der Waals surface area contributed by atoms with Crippen molar-refractivity contribution in [3.8, 4) is 39.3 Å². The third-order valence-electron chi connectivity index (χ3n) is 6.90. The summed E-state index contributed by atoms with van der Waals surface area (Å²) < 4.78 is 2.35. The normalized spacial score (nSPS) is 11.2. The summed E-state index contributed by atoms with van der Waals surface area (Å²) in [6, 6.07) is 44.6. The molecule has 37 heavy (non-hydrogen) atoms.